The minimum absolute atomic E-state index is 0.255. The number of para-hydroxylation sites is 1. The smallest absolute Gasteiger partial charge is 0.349 e. The molecule has 0 saturated carbocycles. The number of carbonyl (C=O) groups excluding carboxylic acids is 2. The molecular weight excluding hydrogens is 310 g/mol. The minimum atomic E-state index is -1.65. The van der Waals surface area contributed by atoms with Crippen LogP contribution in [0.15, 0.2) is 24.3 Å². The Morgan fingerprint density at radius 2 is 1.77 bits per heavy atom. The van der Waals surface area contributed by atoms with Crippen LogP contribution in [0.4, 0.5) is 0 Å². The average Bonchev–Trinajstić information content (AvgIpc) is 2.85. The first-order valence-corrected chi connectivity index (χ1v) is 7.13. The molecule has 2 rings (SSSR count). The standard InChI is InChI=1S/C14H13NO6S/c1-7(16)20-11(12(14(18)19)21-8(2)17)13-15-9-5-3-4-6-10(9)22-13/h3-6,11-12H,1-2H3,(H,18,19). The van der Waals surface area contributed by atoms with Gasteiger partial charge in [-0.25, -0.2) is 9.78 Å². The van der Waals surface area contributed by atoms with Crippen LogP contribution in [0.2, 0.25) is 0 Å². The van der Waals surface area contributed by atoms with Crippen LogP contribution in [-0.4, -0.2) is 34.1 Å². The van der Waals surface area contributed by atoms with Crippen molar-refractivity contribution in [3.63, 3.8) is 0 Å². The molecule has 1 heterocycles. The van der Waals surface area contributed by atoms with E-state index in [1.165, 1.54) is 11.3 Å². The largest absolute Gasteiger partial charge is 0.478 e. The second-order valence-electron chi connectivity index (χ2n) is 4.42. The van der Waals surface area contributed by atoms with Gasteiger partial charge in [-0.1, -0.05) is 12.1 Å². The molecule has 0 saturated heterocycles. The summed E-state index contributed by atoms with van der Waals surface area (Å²) in [5, 5.41) is 9.50. The molecule has 2 atom stereocenters. The summed E-state index contributed by atoms with van der Waals surface area (Å²) in [6.07, 6.45) is -2.95. The highest BCUT2D eigenvalue weighted by molar-refractivity contribution is 7.18. The van der Waals surface area contributed by atoms with Crippen LogP contribution in [0.25, 0.3) is 10.2 Å². The van der Waals surface area contributed by atoms with Gasteiger partial charge in [-0.3, -0.25) is 9.59 Å². The van der Waals surface area contributed by atoms with Gasteiger partial charge in [-0.2, -0.15) is 0 Å². The number of nitrogens with zero attached hydrogens (tertiary/aromatic N) is 1. The third-order valence-electron chi connectivity index (χ3n) is 2.66. The molecule has 116 valence electrons. The fourth-order valence-electron chi connectivity index (χ4n) is 1.85. The van der Waals surface area contributed by atoms with Crippen LogP contribution in [0.1, 0.15) is 25.0 Å². The van der Waals surface area contributed by atoms with Gasteiger partial charge in [0.15, 0.2) is 0 Å². The molecule has 0 aliphatic heterocycles. The molecule has 2 aromatic rings. The monoisotopic (exact) mass is 323 g/mol. The number of hydrogen-bond donors (Lipinski definition) is 1. The van der Waals surface area contributed by atoms with E-state index in [1.54, 1.807) is 12.1 Å². The van der Waals surface area contributed by atoms with Gasteiger partial charge >= 0.3 is 17.9 Å². The third-order valence-corrected chi connectivity index (χ3v) is 3.76. The quantitative estimate of drug-likeness (QED) is 0.838. The highest BCUT2D eigenvalue weighted by atomic mass is 32.1. The molecule has 0 spiro atoms. The Morgan fingerprint density at radius 3 is 2.32 bits per heavy atom. The molecule has 0 fully saturated rings. The number of ether oxygens (including phenoxy) is 2. The molecule has 0 radical (unpaired) electrons. The lowest BCUT2D eigenvalue weighted by Gasteiger charge is -2.21. The van der Waals surface area contributed by atoms with Crippen LogP contribution in [0.3, 0.4) is 0 Å². The summed E-state index contributed by atoms with van der Waals surface area (Å²) in [5.41, 5.74) is 0.645. The van der Waals surface area contributed by atoms with Gasteiger partial charge in [0.1, 0.15) is 5.01 Å². The highest BCUT2D eigenvalue weighted by Crippen LogP contribution is 2.31. The van der Waals surface area contributed by atoms with Crippen LogP contribution >= 0.6 is 11.3 Å². The molecule has 7 nitrogen and oxygen atoms in total. The molecule has 0 amide bonds. The summed E-state index contributed by atoms with van der Waals surface area (Å²) in [6, 6.07) is 7.16. The fourth-order valence-corrected chi connectivity index (χ4v) is 2.87. The van der Waals surface area contributed by atoms with Crippen LogP contribution in [-0.2, 0) is 23.9 Å². The van der Waals surface area contributed by atoms with Crippen LogP contribution < -0.4 is 0 Å². The van der Waals surface area contributed by atoms with E-state index in [1.807, 2.05) is 12.1 Å². The molecule has 0 bridgehead atoms. The van der Waals surface area contributed by atoms with Crippen molar-refractivity contribution in [3.8, 4) is 0 Å². The second-order valence-corrected chi connectivity index (χ2v) is 5.48. The number of rotatable bonds is 5. The zero-order valence-corrected chi connectivity index (χ0v) is 12.6. The highest BCUT2D eigenvalue weighted by Gasteiger charge is 2.37. The molecule has 1 aromatic carbocycles. The van der Waals surface area contributed by atoms with E-state index < -0.39 is 30.1 Å². The first-order valence-electron chi connectivity index (χ1n) is 6.31. The Labute approximate surface area is 129 Å². The number of hydrogen-bond acceptors (Lipinski definition) is 7. The number of benzene rings is 1. The lowest BCUT2D eigenvalue weighted by atomic mass is 10.2. The van der Waals surface area contributed by atoms with Gasteiger partial charge in [-0.05, 0) is 12.1 Å². The van der Waals surface area contributed by atoms with Gasteiger partial charge in [0.05, 0.1) is 10.2 Å². The van der Waals surface area contributed by atoms with E-state index in [0.29, 0.717) is 5.52 Å². The minimum Gasteiger partial charge on any atom is -0.478 e. The summed E-state index contributed by atoms with van der Waals surface area (Å²) >= 11 is 1.18. The van der Waals surface area contributed by atoms with Gasteiger partial charge in [0.25, 0.3) is 0 Å². The summed E-state index contributed by atoms with van der Waals surface area (Å²) in [5.74, 6) is -2.89. The van der Waals surface area contributed by atoms with Gasteiger partial charge in [0.2, 0.25) is 12.2 Å². The number of aromatic nitrogens is 1. The summed E-state index contributed by atoms with van der Waals surface area (Å²) < 4.78 is 10.6. The van der Waals surface area contributed by atoms with Crippen molar-refractivity contribution >= 4 is 39.5 Å². The first kappa shape index (κ1) is 15.9. The topological polar surface area (TPSA) is 103 Å². The van der Waals surface area contributed by atoms with Crippen molar-refractivity contribution in [2.75, 3.05) is 0 Å². The van der Waals surface area contributed by atoms with Crippen molar-refractivity contribution in [1.29, 1.82) is 0 Å². The number of carboxylic acids is 1. The maximum Gasteiger partial charge on any atom is 0.349 e. The molecular formula is C14H13NO6S. The van der Waals surface area contributed by atoms with E-state index >= 15 is 0 Å². The number of carbonyl (C=O) groups is 3. The van der Waals surface area contributed by atoms with Gasteiger partial charge in [-0.15, -0.1) is 11.3 Å². The maximum atomic E-state index is 11.4. The molecule has 0 aliphatic carbocycles. The van der Waals surface area contributed by atoms with E-state index in [0.717, 1.165) is 18.5 Å². The molecule has 1 aromatic heterocycles. The predicted molar refractivity (Wildman–Crippen MR) is 77.3 cm³/mol. The Morgan fingerprint density at radius 1 is 1.14 bits per heavy atom. The van der Waals surface area contributed by atoms with Crippen molar-refractivity contribution in [1.82, 2.24) is 4.98 Å². The fraction of sp³-hybridized carbons (Fsp3) is 0.286. The predicted octanol–water partition coefficient (Wildman–Crippen LogP) is 1.92. The number of thiazole rings is 1. The summed E-state index contributed by atoms with van der Waals surface area (Å²) in [4.78, 5) is 38.0. The van der Waals surface area contributed by atoms with Crippen molar-refractivity contribution in [2.45, 2.75) is 26.1 Å². The molecule has 22 heavy (non-hydrogen) atoms. The lowest BCUT2D eigenvalue weighted by Crippen LogP contribution is -2.34. The van der Waals surface area contributed by atoms with Gasteiger partial charge in [0, 0.05) is 13.8 Å². The SMILES string of the molecule is CC(=O)OC(C(=O)O)C(OC(C)=O)c1nc2ccccc2s1. The van der Waals surface area contributed by atoms with Gasteiger partial charge < -0.3 is 14.6 Å². The maximum absolute atomic E-state index is 11.4. The Kier molecular flexibility index (Phi) is 4.71. The first-order chi connectivity index (χ1) is 10.4. The Balaban J connectivity index is 2.45. The lowest BCUT2D eigenvalue weighted by molar-refractivity contribution is -0.178. The Hall–Kier alpha value is -2.48. The van der Waals surface area contributed by atoms with Crippen molar-refractivity contribution in [2.24, 2.45) is 0 Å². The molecule has 8 heteroatoms. The second kappa shape index (κ2) is 6.52. The summed E-state index contributed by atoms with van der Waals surface area (Å²) in [6.45, 7) is 2.23. The van der Waals surface area contributed by atoms with E-state index in [9.17, 15) is 19.5 Å². The van der Waals surface area contributed by atoms with E-state index in [4.69, 9.17) is 9.47 Å². The zero-order valence-electron chi connectivity index (χ0n) is 11.8. The number of esters is 2. The number of fused-ring (bicyclic) bond motifs is 1. The molecule has 1 N–H and O–H groups in total. The normalized spacial score (nSPS) is 13.4. The molecule has 2 unspecified atom stereocenters. The van der Waals surface area contributed by atoms with Crippen molar-refractivity contribution in [3.05, 3.63) is 29.3 Å². The van der Waals surface area contributed by atoms with Crippen molar-refractivity contribution < 1.29 is 29.0 Å². The third kappa shape index (κ3) is 3.59. The molecule has 0 aliphatic rings. The average molecular weight is 323 g/mol. The number of aliphatic carboxylic acids is 1. The van der Waals surface area contributed by atoms with E-state index in [2.05, 4.69) is 4.98 Å². The summed E-state index contributed by atoms with van der Waals surface area (Å²) in [7, 11) is 0. The Bertz CT molecular complexity index is 692. The van der Waals surface area contributed by atoms with Crippen LogP contribution in [0, 0.1) is 0 Å². The zero-order chi connectivity index (χ0) is 16.3. The van der Waals surface area contributed by atoms with Crippen LogP contribution in [0.5, 0.6) is 0 Å². The van der Waals surface area contributed by atoms with E-state index in [-0.39, 0.29) is 5.01 Å². The number of carboxylic acid groups (broad SMARTS) is 1.